The molecule has 2 aliphatic heterocycles. The van der Waals surface area contributed by atoms with E-state index in [2.05, 4.69) is 16.1 Å². The number of rotatable bonds is 4. The van der Waals surface area contributed by atoms with Crippen molar-refractivity contribution in [3.8, 4) is 12.3 Å². The number of carbonyl (C=O) groups is 1. The maximum Gasteiger partial charge on any atom is 0.232 e. The number of carbonyl (C=O) groups excluding carboxylic acids is 1. The van der Waals surface area contributed by atoms with Crippen molar-refractivity contribution in [1.29, 1.82) is 0 Å². The van der Waals surface area contributed by atoms with Crippen molar-refractivity contribution in [2.45, 2.75) is 18.1 Å². The van der Waals surface area contributed by atoms with Gasteiger partial charge in [-0.25, -0.2) is 0 Å². The number of piperidine rings is 1. The molecule has 0 aromatic rings. The van der Waals surface area contributed by atoms with Crippen LogP contribution in [0.4, 0.5) is 0 Å². The molecule has 2 aliphatic rings. The van der Waals surface area contributed by atoms with Crippen molar-refractivity contribution in [2.75, 3.05) is 51.6 Å². The van der Waals surface area contributed by atoms with Gasteiger partial charge in [0.25, 0.3) is 0 Å². The van der Waals surface area contributed by atoms with E-state index in [1.54, 1.807) is 0 Å². The number of hydrogen-bond donors (Lipinski definition) is 1. The van der Waals surface area contributed by atoms with Crippen LogP contribution in [0.5, 0.6) is 0 Å². The van der Waals surface area contributed by atoms with Gasteiger partial charge in [-0.05, 0) is 25.9 Å². The molecule has 0 atom stereocenters. The Bertz CT molecular complexity index is 328. The third-order valence-electron chi connectivity index (χ3n) is 3.77. The SMILES string of the molecule is C#CCN1CCN(C(=O)CSC2CCNCC2)CC1. The lowest BCUT2D eigenvalue weighted by atomic mass is 10.2. The zero-order valence-electron chi connectivity index (χ0n) is 11.4. The second kappa shape index (κ2) is 7.78. The smallest absolute Gasteiger partial charge is 0.232 e. The summed E-state index contributed by atoms with van der Waals surface area (Å²) in [6.07, 6.45) is 7.68. The first kappa shape index (κ1) is 14.7. The third kappa shape index (κ3) is 4.72. The van der Waals surface area contributed by atoms with Gasteiger partial charge >= 0.3 is 0 Å². The fraction of sp³-hybridized carbons (Fsp3) is 0.786. The largest absolute Gasteiger partial charge is 0.339 e. The Labute approximate surface area is 120 Å². The third-order valence-corrected chi connectivity index (χ3v) is 5.13. The fourth-order valence-electron chi connectivity index (χ4n) is 2.53. The first-order chi connectivity index (χ1) is 9.29. The molecule has 4 nitrogen and oxygen atoms in total. The van der Waals surface area contributed by atoms with Crippen LogP contribution in [0.2, 0.25) is 0 Å². The second-order valence-corrected chi connectivity index (χ2v) is 6.41. The molecule has 0 saturated carbocycles. The summed E-state index contributed by atoms with van der Waals surface area (Å²) in [5.41, 5.74) is 0. The molecule has 0 spiro atoms. The van der Waals surface area contributed by atoms with Crippen LogP contribution in [0.3, 0.4) is 0 Å². The Morgan fingerprint density at radius 3 is 2.58 bits per heavy atom. The highest BCUT2D eigenvalue weighted by Gasteiger charge is 2.22. The van der Waals surface area contributed by atoms with E-state index < -0.39 is 0 Å². The first-order valence-corrected chi connectivity index (χ1v) is 8.10. The van der Waals surface area contributed by atoms with Crippen LogP contribution in [0.15, 0.2) is 0 Å². The van der Waals surface area contributed by atoms with Gasteiger partial charge in [0.1, 0.15) is 0 Å². The molecule has 0 aliphatic carbocycles. The standard InChI is InChI=1S/C14H23N3OS/c1-2-7-16-8-10-17(11-9-16)14(18)12-19-13-3-5-15-6-4-13/h1,13,15H,3-12H2. The Morgan fingerprint density at radius 2 is 1.95 bits per heavy atom. The normalized spacial score (nSPS) is 22.2. The molecular formula is C14H23N3OS. The van der Waals surface area contributed by atoms with Crippen LogP contribution in [0.25, 0.3) is 0 Å². The average molecular weight is 281 g/mol. The Hall–Kier alpha value is -0.700. The summed E-state index contributed by atoms with van der Waals surface area (Å²) in [6.45, 7) is 6.36. The van der Waals surface area contributed by atoms with Crippen LogP contribution in [-0.2, 0) is 4.79 Å². The van der Waals surface area contributed by atoms with E-state index in [1.807, 2.05) is 16.7 Å². The summed E-state index contributed by atoms with van der Waals surface area (Å²) in [4.78, 5) is 16.3. The van der Waals surface area contributed by atoms with Gasteiger partial charge in [0.2, 0.25) is 5.91 Å². The summed E-state index contributed by atoms with van der Waals surface area (Å²) >= 11 is 1.83. The van der Waals surface area contributed by atoms with Crippen LogP contribution in [-0.4, -0.2) is 72.5 Å². The number of nitrogens with one attached hydrogen (secondary N) is 1. The zero-order valence-corrected chi connectivity index (χ0v) is 12.3. The number of piperazine rings is 1. The van der Waals surface area contributed by atoms with Crippen molar-refractivity contribution in [3.05, 3.63) is 0 Å². The molecule has 1 N–H and O–H groups in total. The summed E-state index contributed by atoms with van der Waals surface area (Å²) in [6, 6.07) is 0. The van der Waals surface area contributed by atoms with E-state index in [0.29, 0.717) is 23.5 Å². The number of hydrogen-bond acceptors (Lipinski definition) is 4. The predicted octanol–water partition coefficient (Wildman–Crippen LogP) is 0.249. The van der Waals surface area contributed by atoms with Crippen molar-refractivity contribution in [1.82, 2.24) is 15.1 Å². The Morgan fingerprint density at radius 1 is 1.26 bits per heavy atom. The number of amides is 1. The van der Waals surface area contributed by atoms with Gasteiger partial charge in [0.05, 0.1) is 12.3 Å². The van der Waals surface area contributed by atoms with Gasteiger partial charge in [-0.15, -0.1) is 18.2 Å². The predicted molar refractivity (Wildman–Crippen MR) is 80.2 cm³/mol. The monoisotopic (exact) mass is 281 g/mol. The van der Waals surface area contributed by atoms with Crippen molar-refractivity contribution in [3.63, 3.8) is 0 Å². The van der Waals surface area contributed by atoms with Crippen molar-refractivity contribution >= 4 is 17.7 Å². The molecule has 1 amide bonds. The number of nitrogens with zero attached hydrogens (tertiary/aromatic N) is 2. The van der Waals surface area contributed by atoms with Gasteiger partial charge in [0, 0.05) is 31.4 Å². The van der Waals surface area contributed by atoms with Gasteiger partial charge in [-0.3, -0.25) is 9.69 Å². The topological polar surface area (TPSA) is 35.6 Å². The van der Waals surface area contributed by atoms with Crippen LogP contribution in [0.1, 0.15) is 12.8 Å². The molecule has 0 aromatic heterocycles. The van der Waals surface area contributed by atoms with Gasteiger partial charge in [0.15, 0.2) is 0 Å². The molecule has 0 aromatic carbocycles. The second-order valence-electron chi connectivity index (χ2n) is 5.12. The quantitative estimate of drug-likeness (QED) is 0.749. The highest BCUT2D eigenvalue weighted by molar-refractivity contribution is 8.00. The molecule has 2 fully saturated rings. The summed E-state index contributed by atoms with van der Waals surface area (Å²) < 4.78 is 0. The molecule has 0 bridgehead atoms. The van der Waals surface area contributed by atoms with Gasteiger partial charge in [-0.1, -0.05) is 5.92 Å². The Balaban J connectivity index is 1.65. The lowest BCUT2D eigenvalue weighted by Gasteiger charge is -2.34. The van der Waals surface area contributed by atoms with Crippen LogP contribution >= 0.6 is 11.8 Å². The number of terminal acetylenes is 1. The molecule has 0 unspecified atom stereocenters. The minimum Gasteiger partial charge on any atom is -0.339 e. The van der Waals surface area contributed by atoms with Crippen LogP contribution < -0.4 is 5.32 Å². The Kier molecular flexibility index (Phi) is 6.02. The summed E-state index contributed by atoms with van der Waals surface area (Å²) in [5, 5.41) is 4.01. The lowest BCUT2D eigenvalue weighted by Crippen LogP contribution is -2.49. The molecule has 2 rings (SSSR count). The van der Waals surface area contributed by atoms with E-state index in [0.717, 1.165) is 39.3 Å². The molecule has 5 heteroatoms. The van der Waals surface area contributed by atoms with Gasteiger partial charge in [-0.2, -0.15) is 0 Å². The summed E-state index contributed by atoms with van der Waals surface area (Å²) in [5.74, 6) is 3.60. The minimum atomic E-state index is 0.295. The van der Waals surface area contributed by atoms with E-state index >= 15 is 0 Å². The first-order valence-electron chi connectivity index (χ1n) is 7.05. The van der Waals surface area contributed by atoms with E-state index in [9.17, 15) is 4.79 Å². The lowest BCUT2D eigenvalue weighted by molar-refractivity contribution is -0.129. The summed E-state index contributed by atoms with van der Waals surface area (Å²) in [7, 11) is 0. The molecular weight excluding hydrogens is 258 g/mol. The zero-order chi connectivity index (χ0) is 13.5. The highest BCUT2D eigenvalue weighted by Crippen LogP contribution is 2.20. The van der Waals surface area contributed by atoms with E-state index in [1.165, 1.54) is 12.8 Å². The molecule has 2 heterocycles. The number of thioether (sulfide) groups is 1. The minimum absolute atomic E-state index is 0.295. The average Bonchev–Trinajstić information content (AvgIpc) is 2.47. The van der Waals surface area contributed by atoms with Crippen molar-refractivity contribution in [2.24, 2.45) is 0 Å². The molecule has 19 heavy (non-hydrogen) atoms. The van der Waals surface area contributed by atoms with Gasteiger partial charge < -0.3 is 10.2 Å². The fourth-order valence-corrected chi connectivity index (χ4v) is 3.66. The molecule has 2 saturated heterocycles. The maximum atomic E-state index is 12.1. The molecule has 106 valence electrons. The molecule has 0 radical (unpaired) electrons. The van der Waals surface area contributed by atoms with Crippen molar-refractivity contribution < 1.29 is 4.79 Å². The van der Waals surface area contributed by atoms with Crippen LogP contribution in [0, 0.1) is 12.3 Å². The van der Waals surface area contributed by atoms with E-state index in [4.69, 9.17) is 6.42 Å². The van der Waals surface area contributed by atoms with E-state index in [-0.39, 0.29) is 0 Å². The highest BCUT2D eigenvalue weighted by atomic mass is 32.2. The maximum absolute atomic E-state index is 12.1.